The second-order valence-corrected chi connectivity index (χ2v) is 9.35. The summed E-state index contributed by atoms with van der Waals surface area (Å²) in [4.78, 5) is 12.7. The molecule has 0 saturated carbocycles. The third-order valence-electron chi connectivity index (χ3n) is 4.96. The van der Waals surface area contributed by atoms with Gasteiger partial charge < -0.3 is 5.32 Å². The van der Waals surface area contributed by atoms with Gasteiger partial charge in [0.1, 0.15) is 0 Å². The van der Waals surface area contributed by atoms with Gasteiger partial charge in [-0.2, -0.15) is 0 Å². The Morgan fingerprint density at radius 1 is 0.939 bits per heavy atom. The van der Waals surface area contributed by atoms with Crippen LogP contribution in [0.2, 0.25) is 0 Å². The molecule has 0 aliphatic heterocycles. The Hall–Kier alpha value is -3.98. The van der Waals surface area contributed by atoms with Crippen molar-refractivity contribution in [2.75, 3.05) is 10.0 Å². The molecular formula is C24H23N5O3S. The first kappa shape index (κ1) is 22.2. The number of nitrogens with one attached hydrogen (secondary N) is 2. The monoisotopic (exact) mass is 461 g/mol. The average molecular weight is 462 g/mol. The molecule has 4 aromatic rings. The molecule has 0 radical (unpaired) electrons. The molecular weight excluding hydrogens is 438 g/mol. The fourth-order valence-corrected chi connectivity index (χ4v) is 4.65. The SMILES string of the molecule is Cc1cccc(NS(=O)(=O)c2cc(NC(=O)c3cn(Cc4ccccc4)nn3)ccc2C)c1. The Labute approximate surface area is 192 Å². The van der Waals surface area contributed by atoms with Crippen molar-refractivity contribution < 1.29 is 13.2 Å². The fraction of sp³-hybridized carbons (Fsp3) is 0.125. The Balaban J connectivity index is 1.50. The Bertz CT molecular complexity index is 1400. The first-order chi connectivity index (χ1) is 15.8. The third-order valence-corrected chi connectivity index (χ3v) is 6.49. The third kappa shape index (κ3) is 5.45. The van der Waals surface area contributed by atoms with Crippen LogP contribution in [-0.2, 0) is 16.6 Å². The maximum Gasteiger partial charge on any atom is 0.277 e. The van der Waals surface area contributed by atoms with Crippen LogP contribution in [0.25, 0.3) is 0 Å². The standard InChI is InChI=1S/C24H23N5O3S/c1-17-7-6-10-21(13-17)27-33(31,32)23-14-20(12-11-18(23)2)25-24(30)22-16-29(28-26-22)15-19-8-4-3-5-9-19/h3-14,16,27H,15H2,1-2H3,(H,25,30). The van der Waals surface area contributed by atoms with Gasteiger partial charge in [0.15, 0.2) is 5.69 Å². The van der Waals surface area contributed by atoms with Gasteiger partial charge in [-0.05, 0) is 54.8 Å². The van der Waals surface area contributed by atoms with Crippen molar-refractivity contribution in [3.8, 4) is 0 Å². The van der Waals surface area contributed by atoms with Gasteiger partial charge in [0, 0.05) is 11.4 Å². The van der Waals surface area contributed by atoms with Crippen LogP contribution in [-0.4, -0.2) is 29.3 Å². The quantitative estimate of drug-likeness (QED) is 0.433. The number of sulfonamides is 1. The van der Waals surface area contributed by atoms with Gasteiger partial charge >= 0.3 is 0 Å². The molecule has 1 amide bonds. The molecule has 0 fully saturated rings. The molecule has 9 heteroatoms. The number of aryl methyl sites for hydroxylation is 2. The van der Waals surface area contributed by atoms with Gasteiger partial charge in [-0.3, -0.25) is 9.52 Å². The van der Waals surface area contributed by atoms with E-state index in [0.29, 0.717) is 23.5 Å². The summed E-state index contributed by atoms with van der Waals surface area (Å²) in [6.07, 6.45) is 1.55. The van der Waals surface area contributed by atoms with Crippen molar-refractivity contribution in [3.63, 3.8) is 0 Å². The van der Waals surface area contributed by atoms with Crippen LogP contribution >= 0.6 is 0 Å². The lowest BCUT2D eigenvalue weighted by molar-refractivity contribution is 0.102. The molecule has 1 heterocycles. The normalized spacial score (nSPS) is 11.2. The molecule has 3 aromatic carbocycles. The highest BCUT2D eigenvalue weighted by molar-refractivity contribution is 7.92. The van der Waals surface area contributed by atoms with Crippen LogP contribution in [0.15, 0.2) is 83.9 Å². The molecule has 33 heavy (non-hydrogen) atoms. The Morgan fingerprint density at radius 3 is 2.48 bits per heavy atom. The number of carbonyl (C=O) groups is 1. The highest BCUT2D eigenvalue weighted by Gasteiger charge is 2.19. The zero-order valence-corrected chi connectivity index (χ0v) is 19.0. The van der Waals surface area contributed by atoms with Crippen LogP contribution in [0.3, 0.4) is 0 Å². The number of benzene rings is 3. The number of nitrogens with zero attached hydrogens (tertiary/aromatic N) is 3. The topological polar surface area (TPSA) is 106 Å². The fourth-order valence-electron chi connectivity index (χ4n) is 3.33. The van der Waals surface area contributed by atoms with Crippen molar-refractivity contribution in [3.05, 3.63) is 101 Å². The number of rotatable bonds is 7. The van der Waals surface area contributed by atoms with Crippen LogP contribution in [0.4, 0.5) is 11.4 Å². The minimum absolute atomic E-state index is 0.0783. The molecule has 0 bridgehead atoms. The molecule has 0 saturated heterocycles. The van der Waals surface area contributed by atoms with Crippen molar-refractivity contribution in [1.82, 2.24) is 15.0 Å². The van der Waals surface area contributed by atoms with Gasteiger partial charge in [-0.25, -0.2) is 13.1 Å². The number of anilines is 2. The first-order valence-electron chi connectivity index (χ1n) is 10.3. The number of aromatic nitrogens is 3. The van der Waals surface area contributed by atoms with Crippen LogP contribution in [0.1, 0.15) is 27.2 Å². The smallest absolute Gasteiger partial charge is 0.277 e. The lowest BCUT2D eigenvalue weighted by atomic mass is 10.2. The first-order valence-corrected chi connectivity index (χ1v) is 11.7. The second-order valence-electron chi connectivity index (χ2n) is 7.70. The highest BCUT2D eigenvalue weighted by Crippen LogP contribution is 2.23. The summed E-state index contributed by atoms with van der Waals surface area (Å²) in [7, 11) is -3.85. The Morgan fingerprint density at radius 2 is 1.73 bits per heavy atom. The van der Waals surface area contributed by atoms with E-state index in [1.54, 1.807) is 48.1 Å². The molecule has 168 valence electrons. The van der Waals surface area contributed by atoms with E-state index in [1.165, 1.54) is 6.07 Å². The summed E-state index contributed by atoms with van der Waals surface area (Å²) in [6, 6.07) is 21.5. The van der Waals surface area contributed by atoms with E-state index < -0.39 is 15.9 Å². The number of hydrogen-bond donors (Lipinski definition) is 2. The van der Waals surface area contributed by atoms with E-state index in [0.717, 1.165) is 11.1 Å². The van der Waals surface area contributed by atoms with Crippen molar-refractivity contribution >= 4 is 27.3 Å². The summed E-state index contributed by atoms with van der Waals surface area (Å²) in [5.74, 6) is -0.479. The molecule has 0 unspecified atom stereocenters. The molecule has 0 aliphatic carbocycles. The van der Waals surface area contributed by atoms with Crippen LogP contribution < -0.4 is 10.0 Å². The van der Waals surface area contributed by atoms with Crippen molar-refractivity contribution in [2.45, 2.75) is 25.3 Å². The van der Waals surface area contributed by atoms with Crippen LogP contribution in [0.5, 0.6) is 0 Å². The molecule has 1 aromatic heterocycles. The number of carbonyl (C=O) groups excluding carboxylic acids is 1. The maximum absolute atomic E-state index is 13.0. The largest absolute Gasteiger partial charge is 0.321 e. The van der Waals surface area contributed by atoms with Gasteiger partial charge in [0.25, 0.3) is 15.9 Å². The summed E-state index contributed by atoms with van der Waals surface area (Å²) < 4.78 is 30.1. The van der Waals surface area contributed by atoms with E-state index in [2.05, 4.69) is 20.4 Å². The predicted molar refractivity (Wildman–Crippen MR) is 127 cm³/mol. The Kier molecular flexibility index (Phi) is 6.23. The van der Waals surface area contributed by atoms with E-state index in [9.17, 15) is 13.2 Å². The minimum Gasteiger partial charge on any atom is -0.321 e. The second kappa shape index (κ2) is 9.25. The molecule has 0 aliphatic rings. The van der Waals surface area contributed by atoms with Gasteiger partial charge in [0.05, 0.1) is 17.6 Å². The zero-order valence-electron chi connectivity index (χ0n) is 18.2. The van der Waals surface area contributed by atoms with E-state index >= 15 is 0 Å². The lowest BCUT2D eigenvalue weighted by Crippen LogP contribution is -2.16. The highest BCUT2D eigenvalue weighted by atomic mass is 32.2. The molecule has 8 nitrogen and oxygen atoms in total. The van der Waals surface area contributed by atoms with Gasteiger partial charge in [0.2, 0.25) is 0 Å². The maximum atomic E-state index is 13.0. The van der Waals surface area contributed by atoms with E-state index in [1.807, 2.05) is 43.3 Å². The molecule has 2 N–H and O–H groups in total. The summed E-state index contributed by atoms with van der Waals surface area (Å²) in [5.41, 5.74) is 3.47. The average Bonchev–Trinajstić information content (AvgIpc) is 3.24. The zero-order chi connectivity index (χ0) is 23.4. The summed E-state index contributed by atoms with van der Waals surface area (Å²) >= 11 is 0. The van der Waals surface area contributed by atoms with Crippen molar-refractivity contribution in [2.24, 2.45) is 0 Å². The van der Waals surface area contributed by atoms with Gasteiger partial charge in [-0.15, -0.1) is 5.10 Å². The van der Waals surface area contributed by atoms with Crippen LogP contribution in [0, 0.1) is 13.8 Å². The molecule has 0 atom stereocenters. The molecule has 4 rings (SSSR count). The van der Waals surface area contributed by atoms with E-state index in [4.69, 9.17) is 0 Å². The van der Waals surface area contributed by atoms with E-state index in [-0.39, 0.29) is 10.6 Å². The predicted octanol–water partition coefficient (Wildman–Crippen LogP) is 4.00. The summed E-state index contributed by atoms with van der Waals surface area (Å²) in [6.45, 7) is 4.07. The summed E-state index contributed by atoms with van der Waals surface area (Å²) in [5, 5.41) is 10.6. The lowest BCUT2D eigenvalue weighted by Gasteiger charge is -2.13. The van der Waals surface area contributed by atoms with Gasteiger partial charge in [-0.1, -0.05) is 53.7 Å². The molecule has 0 spiro atoms. The minimum atomic E-state index is -3.85. The number of amides is 1. The van der Waals surface area contributed by atoms with Crippen molar-refractivity contribution in [1.29, 1.82) is 0 Å². The number of hydrogen-bond acceptors (Lipinski definition) is 5.